The highest BCUT2D eigenvalue weighted by Gasteiger charge is 2.27. The zero-order valence-electron chi connectivity index (χ0n) is 17.0. The molecular formula is C23H22ClFN2O3S. The minimum Gasteiger partial charge on any atom is -0.348 e. The van der Waals surface area contributed by atoms with Gasteiger partial charge in [0.25, 0.3) is 10.0 Å². The van der Waals surface area contributed by atoms with Crippen LogP contribution in [-0.4, -0.2) is 20.9 Å². The maximum atomic E-state index is 13.3. The first-order chi connectivity index (χ1) is 14.7. The molecule has 0 saturated heterocycles. The number of sulfonamides is 1. The minimum atomic E-state index is -4.02. The summed E-state index contributed by atoms with van der Waals surface area (Å²) in [4.78, 5) is 12.8. The maximum Gasteiger partial charge on any atom is 0.264 e. The Hall–Kier alpha value is -2.90. The first-order valence-electron chi connectivity index (χ1n) is 9.56. The molecule has 0 aliphatic rings. The summed E-state index contributed by atoms with van der Waals surface area (Å²) in [7, 11) is -4.02. The topological polar surface area (TPSA) is 66.5 Å². The van der Waals surface area contributed by atoms with Crippen molar-refractivity contribution in [2.75, 3.05) is 10.8 Å². The van der Waals surface area contributed by atoms with Gasteiger partial charge in [-0.3, -0.25) is 9.10 Å². The van der Waals surface area contributed by atoms with Gasteiger partial charge < -0.3 is 5.32 Å². The van der Waals surface area contributed by atoms with Crippen LogP contribution >= 0.6 is 11.6 Å². The van der Waals surface area contributed by atoms with Gasteiger partial charge in [-0.15, -0.1) is 0 Å². The van der Waals surface area contributed by atoms with Crippen LogP contribution < -0.4 is 9.62 Å². The first-order valence-corrected chi connectivity index (χ1v) is 11.4. The third-order valence-corrected chi connectivity index (χ3v) is 6.80. The average molecular weight is 461 g/mol. The second-order valence-electron chi connectivity index (χ2n) is 7.14. The number of nitrogens with one attached hydrogen (secondary N) is 1. The van der Waals surface area contributed by atoms with Crippen molar-refractivity contribution in [2.45, 2.75) is 24.8 Å². The standard InChI is InChI=1S/C23H22ClFN2O3S/c1-16-3-11-21(12-4-16)27(31(29,30)22-13-7-19(24)8-14-22)15-23(28)26-17(2)18-5-9-20(25)10-6-18/h3-14,17H,15H2,1-2H3,(H,26,28). The van der Waals surface area contributed by atoms with E-state index in [2.05, 4.69) is 5.32 Å². The largest absolute Gasteiger partial charge is 0.348 e. The Morgan fingerprint density at radius 3 is 2.16 bits per heavy atom. The Morgan fingerprint density at radius 2 is 1.58 bits per heavy atom. The number of rotatable bonds is 7. The van der Waals surface area contributed by atoms with Gasteiger partial charge in [0.15, 0.2) is 0 Å². The Bertz CT molecular complexity index is 1150. The first kappa shape index (κ1) is 22.8. The number of hydrogen-bond donors (Lipinski definition) is 1. The molecule has 1 amide bonds. The second kappa shape index (κ2) is 9.49. The number of halogens is 2. The molecule has 162 valence electrons. The molecule has 31 heavy (non-hydrogen) atoms. The van der Waals surface area contributed by atoms with Gasteiger partial charge in [0.05, 0.1) is 16.6 Å². The summed E-state index contributed by atoms with van der Waals surface area (Å²) in [6.45, 7) is 3.22. The van der Waals surface area contributed by atoms with Gasteiger partial charge in [-0.2, -0.15) is 0 Å². The summed E-state index contributed by atoms with van der Waals surface area (Å²) in [6, 6.07) is 18.0. The van der Waals surface area contributed by atoms with Crippen molar-refractivity contribution >= 4 is 33.2 Å². The van der Waals surface area contributed by atoms with Crippen molar-refractivity contribution in [3.8, 4) is 0 Å². The summed E-state index contributed by atoms with van der Waals surface area (Å²) in [5.74, 6) is -0.864. The minimum absolute atomic E-state index is 0.0249. The van der Waals surface area contributed by atoms with Crippen molar-refractivity contribution in [3.05, 3.63) is 94.8 Å². The third kappa shape index (κ3) is 5.62. The fraction of sp³-hybridized carbons (Fsp3) is 0.174. The summed E-state index contributed by atoms with van der Waals surface area (Å²) in [5.41, 5.74) is 2.03. The van der Waals surface area contributed by atoms with E-state index in [0.29, 0.717) is 16.3 Å². The van der Waals surface area contributed by atoms with Crippen molar-refractivity contribution in [1.82, 2.24) is 5.32 Å². The third-order valence-electron chi connectivity index (χ3n) is 4.76. The molecular weight excluding hydrogens is 439 g/mol. The fourth-order valence-electron chi connectivity index (χ4n) is 3.01. The van der Waals surface area contributed by atoms with E-state index in [-0.39, 0.29) is 10.7 Å². The maximum absolute atomic E-state index is 13.3. The fourth-order valence-corrected chi connectivity index (χ4v) is 4.56. The SMILES string of the molecule is Cc1ccc(N(CC(=O)NC(C)c2ccc(F)cc2)S(=O)(=O)c2ccc(Cl)cc2)cc1. The molecule has 0 aliphatic heterocycles. The molecule has 0 spiro atoms. The Labute approximate surface area is 186 Å². The van der Waals surface area contributed by atoms with Crippen LogP contribution in [-0.2, 0) is 14.8 Å². The van der Waals surface area contributed by atoms with E-state index in [1.807, 2.05) is 6.92 Å². The molecule has 3 aromatic rings. The van der Waals surface area contributed by atoms with Crippen molar-refractivity contribution < 1.29 is 17.6 Å². The van der Waals surface area contributed by atoms with E-state index < -0.39 is 28.5 Å². The van der Waals surface area contributed by atoms with Crippen LogP contribution in [0.1, 0.15) is 24.1 Å². The molecule has 0 radical (unpaired) electrons. The quantitative estimate of drug-likeness (QED) is 0.547. The molecule has 1 atom stereocenters. The van der Waals surface area contributed by atoms with Crippen LogP contribution in [0.5, 0.6) is 0 Å². The molecule has 3 aromatic carbocycles. The normalized spacial score (nSPS) is 12.3. The van der Waals surface area contributed by atoms with E-state index in [4.69, 9.17) is 11.6 Å². The van der Waals surface area contributed by atoms with Crippen LogP contribution in [0.4, 0.5) is 10.1 Å². The zero-order valence-corrected chi connectivity index (χ0v) is 18.6. The Balaban J connectivity index is 1.87. The predicted octanol–water partition coefficient (Wildman–Crippen LogP) is 4.86. The average Bonchev–Trinajstić information content (AvgIpc) is 2.73. The summed E-state index contributed by atoms with van der Waals surface area (Å²) in [6.07, 6.45) is 0. The molecule has 0 saturated carbocycles. The molecule has 8 heteroatoms. The molecule has 5 nitrogen and oxygen atoms in total. The number of benzene rings is 3. The second-order valence-corrected chi connectivity index (χ2v) is 9.44. The molecule has 0 aliphatic carbocycles. The lowest BCUT2D eigenvalue weighted by Gasteiger charge is -2.25. The number of carbonyl (C=O) groups excluding carboxylic acids is 1. The summed E-state index contributed by atoms with van der Waals surface area (Å²) in [5, 5.41) is 3.18. The van der Waals surface area contributed by atoms with Crippen LogP contribution in [0.25, 0.3) is 0 Å². The van der Waals surface area contributed by atoms with Crippen molar-refractivity contribution in [2.24, 2.45) is 0 Å². The smallest absolute Gasteiger partial charge is 0.264 e. The number of carbonyl (C=O) groups is 1. The molecule has 3 rings (SSSR count). The van der Waals surface area contributed by atoms with Crippen molar-refractivity contribution in [1.29, 1.82) is 0 Å². The molecule has 1 unspecified atom stereocenters. The van der Waals surface area contributed by atoms with Crippen LogP contribution in [0.15, 0.2) is 77.7 Å². The van der Waals surface area contributed by atoms with Gasteiger partial charge in [-0.25, -0.2) is 12.8 Å². The van der Waals surface area contributed by atoms with Gasteiger partial charge in [0.1, 0.15) is 12.4 Å². The number of nitrogens with zero attached hydrogens (tertiary/aromatic N) is 1. The highest BCUT2D eigenvalue weighted by Crippen LogP contribution is 2.25. The molecule has 0 fully saturated rings. The summed E-state index contributed by atoms with van der Waals surface area (Å²) < 4.78 is 40.8. The van der Waals surface area contributed by atoms with Crippen LogP contribution in [0.2, 0.25) is 5.02 Å². The highest BCUT2D eigenvalue weighted by molar-refractivity contribution is 7.92. The summed E-state index contributed by atoms with van der Waals surface area (Å²) >= 11 is 5.89. The lowest BCUT2D eigenvalue weighted by atomic mass is 10.1. The van der Waals surface area contributed by atoms with Gasteiger partial charge in [-0.1, -0.05) is 41.4 Å². The van der Waals surface area contributed by atoms with E-state index >= 15 is 0 Å². The molecule has 0 bridgehead atoms. The Kier molecular flexibility index (Phi) is 6.97. The number of amides is 1. The number of anilines is 1. The zero-order chi connectivity index (χ0) is 22.6. The Morgan fingerprint density at radius 1 is 1.00 bits per heavy atom. The van der Waals surface area contributed by atoms with E-state index in [1.54, 1.807) is 43.3 Å². The highest BCUT2D eigenvalue weighted by atomic mass is 35.5. The lowest BCUT2D eigenvalue weighted by Crippen LogP contribution is -2.41. The van der Waals surface area contributed by atoms with Gasteiger partial charge in [-0.05, 0) is 67.9 Å². The van der Waals surface area contributed by atoms with E-state index in [9.17, 15) is 17.6 Å². The predicted molar refractivity (Wildman–Crippen MR) is 120 cm³/mol. The molecule has 0 heterocycles. The monoisotopic (exact) mass is 460 g/mol. The van der Waals surface area contributed by atoms with Gasteiger partial charge in [0.2, 0.25) is 5.91 Å². The van der Waals surface area contributed by atoms with Crippen LogP contribution in [0, 0.1) is 12.7 Å². The molecule has 0 aromatic heterocycles. The van der Waals surface area contributed by atoms with Crippen LogP contribution in [0.3, 0.4) is 0 Å². The number of aryl methyl sites for hydroxylation is 1. The number of hydrogen-bond acceptors (Lipinski definition) is 3. The van der Waals surface area contributed by atoms with Crippen molar-refractivity contribution in [3.63, 3.8) is 0 Å². The lowest BCUT2D eigenvalue weighted by molar-refractivity contribution is -0.120. The van der Waals surface area contributed by atoms with E-state index in [1.165, 1.54) is 36.4 Å². The van der Waals surface area contributed by atoms with Gasteiger partial charge >= 0.3 is 0 Å². The van der Waals surface area contributed by atoms with E-state index in [0.717, 1.165) is 9.87 Å². The van der Waals surface area contributed by atoms with Gasteiger partial charge in [0, 0.05) is 5.02 Å². The molecule has 1 N–H and O–H groups in total.